The van der Waals surface area contributed by atoms with E-state index in [1.807, 2.05) is 0 Å². The lowest BCUT2D eigenvalue weighted by Gasteiger charge is -2.45. The van der Waals surface area contributed by atoms with Crippen molar-refractivity contribution in [3.63, 3.8) is 0 Å². The summed E-state index contributed by atoms with van der Waals surface area (Å²) < 4.78 is 6.10. The SMILES string of the molecule is C/C=C/CCc1ccc2c(c1)CCC(C1CCC3CC(OC/C=C/C)CCC3C1)C2. The van der Waals surface area contributed by atoms with Crippen LogP contribution in [0.2, 0.25) is 0 Å². The van der Waals surface area contributed by atoms with Gasteiger partial charge in [0.1, 0.15) is 0 Å². The molecule has 164 valence electrons. The number of aryl methyl sites for hydroxylation is 2. The third kappa shape index (κ3) is 5.47. The monoisotopic (exact) mass is 406 g/mol. The number of ether oxygens (including phenoxy) is 1. The summed E-state index contributed by atoms with van der Waals surface area (Å²) in [6.45, 7) is 5.00. The Kier molecular flexibility index (Phi) is 7.88. The lowest BCUT2D eigenvalue weighted by molar-refractivity contribution is -0.0138. The molecule has 5 atom stereocenters. The van der Waals surface area contributed by atoms with E-state index in [-0.39, 0.29) is 0 Å². The van der Waals surface area contributed by atoms with Crippen LogP contribution in [-0.4, -0.2) is 12.7 Å². The third-order valence-electron chi connectivity index (χ3n) is 8.31. The van der Waals surface area contributed by atoms with Gasteiger partial charge in [-0.25, -0.2) is 0 Å². The van der Waals surface area contributed by atoms with Gasteiger partial charge in [0.2, 0.25) is 0 Å². The van der Waals surface area contributed by atoms with Crippen LogP contribution in [-0.2, 0) is 24.0 Å². The lowest BCUT2D eigenvalue weighted by atomic mass is 9.62. The van der Waals surface area contributed by atoms with Crippen molar-refractivity contribution < 1.29 is 4.74 Å². The van der Waals surface area contributed by atoms with Crippen molar-refractivity contribution in [2.24, 2.45) is 23.7 Å². The van der Waals surface area contributed by atoms with Crippen LogP contribution in [0.1, 0.15) is 81.9 Å². The highest BCUT2D eigenvalue weighted by Crippen LogP contribution is 2.47. The maximum atomic E-state index is 6.10. The molecule has 0 aromatic heterocycles. The smallest absolute Gasteiger partial charge is 0.0651 e. The quantitative estimate of drug-likeness (QED) is 0.426. The zero-order valence-electron chi connectivity index (χ0n) is 19.3. The molecule has 0 aliphatic heterocycles. The zero-order chi connectivity index (χ0) is 20.8. The normalized spacial score (nSPS) is 31.7. The molecule has 5 unspecified atom stereocenters. The van der Waals surface area contributed by atoms with Crippen molar-refractivity contribution in [1.82, 2.24) is 0 Å². The zero-order valence-corrected chi connectivity index (χ0v) is 19.3. The minimum atomic E-state index is 0.516. The first-order valence-corrected chi connectivity index (χ1v) is 12.7. The minimum absolute atomic E-state index is 0.516. The van der Waals surface area contributed by atoms with Crippen molar-refractivity contribution in [1.29, 1.82) is 0 Å². The molecule has 30 heavy (non-hydrogen) atoms. The van der Waals surface area contributed by atoms with E-state index in [0.717, 1.165) is 30.3 Å². The van der Waals surface area contributed by atoms with Crippen molar-refractivity contribution in [2.45, 2.75) is 90.6 Å². The van der Waals surface area contributed by atoms with E-state index in [1.54, 1.807) is 11.1 Å². The molecular formula is C29H42O. The van der Waals surface area contributed by atoms with Crippen LogP contribution in [0.25, 0.3) is 0 Å². The first kappa shape index (κ1) is 21.9. The van der Waals surface area contributed by atoms with Crippen LogP contribution in [0, 0.1) is 23.7 Å². The predicted octanol–water partition coefficient (Wildman–Crippen LogP) is 7.48. The molecule has 4 rings (SSSR count). The van der Waals surface area contributed by atoms with E-state index >= 15 is 0 Å². The molecule has 0 N–H and O–H groups in total. The second-order valence-electron chi connectivity index (χ2n) is 10.1. The summed E-state index contributed by atoms with van der Waals surface area (Å²) in [4.78, 5) is 0. The molecule has 1 nitrogen and oxygen atoms in total. The number of allylic oxidation sites excluding steroid dienone is 3. The Bertz CT molecular complexity index is 730. The topological polar surface area (TPSA) is 9.23 Å². The van der Waals surface area contributed by atoms with Crippen LogP contribution >= 0.6 is 0 Å². The summed E-state index contributed by atoms with van der Waals surface area (Å²) in [5.74, 6) is 3.80. The average Bonchev–Trinajstić information content (AvgIpc) is 2.78. The van der Waals surface area contributed by atoms with Gasteiger partial charge in [-0.1, -0.05) is 42.5 Å². The number of benzene rings is 1. The summed E-state index contributed by atoms with van der Waals surface area (Å²) in [5.41, 5.74) is 4.83. The average molecular weight is 407 g/mol. The molecule has 0 spiro atoms. The highest BCUT2D eigenvalue weighted by molar-refractivity contribution is 5.34. The van der Waals surface area contributed by atoms with Gasteiger partial charge in [0, 0.05) is 0 Å². The van der Waals surface area contributed by atoms with Crippen molar-refractivity contribution in [3.05, 3.63) is 59.2 Å². The van der Waals surface area contributed by atoms with Gasteiger partial charge < -0.3 is 4.74 Å². The Morgan fingerprint density at radius 1 is 0.833 bits per heavy atom. The van der Waals surface area contributed by atoms with Gasteiger partial charge in [-0.05, 0) is 125 Å². The van der Waals surface area contributed by atoms with Crippen molar-refractivity contribution in [2.75, 3.05) is 6.61 Å². The molecule has 0 bridgehead atoms. The number of hydrogen-bond acceptors (Lipinski definition) is 1. The fourth-order valence-electron chi connectivity index (χ4n) is 6.56. The Balaban J connectivity index is 1.29. The second kappa shape index (κ2) is 10.8. The Morgan fingerprint density at radius 2 is 1.60 bits per heavy atom. The van der Waals surface area contributed by atoms with E-state index in [4.69, 9.17) is 4.74 Å². The van der Waals surface area contributed by atoms with Gasteiger partial charge in [0.05, 0.1) is 12.7 Å². The van der Waals surface area contributed by atoms with E-state index in [9.17, 15) is 0 Å². The summed E-state index contributed by atoms with van der Waals surface area (Å²) in [6.07, 6.45) is 24.1. The maximum absolute atomic E-state index is 6.10. The van der Waals surface area contributed by atoms with Gasteiger partial charge >= 0.3 is 0 Å². The summed E-state index contributed by atoms with van der Waals surface area (Å²) in [5, 5.41) is 0. The summed E-state index contributed by atoms with van der Waals surface area (Å²) >= 11 is 0. The van der Waals surface area contributed by atoms with Gasteiger partial charge in [-0.3, -0.25) is 0 Å². The van der Waals surface area contributed by atoms with E-state index in [0.29, 0.717) is 6.10 Å². The first-order chi connectivity index (χ1) is 14.8. The van der Waals surface area contributed by atoms with E-state index < -0.39 is 0 Å². The fraction of sp³-hybridized carbons (Fsp3) is 0.655. The molecule has 0 heterocycles. The molecule has 1 aromatic carbocycles. The second-order valence-corrected chi connectivity index (χ2v) is 10.1. The lowest BCUT2D eigenvalue weighted by Crippen LogP contribution is -2.37. The molecule has 3 aliphatic carbocycles. The Morgan fingerprint density at radius 3 is 2.43 bits per heavy atom. The number of fused-ring (bicyclic) bond motifs is 2. The largest absolute Gasteiger partial charge is 0.374 e. The number of rotatable bonds is 7. The molecule has 1 heteroatoms. The molecule has 0 saturated heterocycles. The molecule has 0 amide bonds. The third-order valence-corrected chi connectivity index (χ3v) is 8.31. The van der Waals surface area contributed by atoms with Crippen LogP contribution in [0.15, 0.2) is 42.5 Å². The Hall–Kier alpha value is -1.34. The van der Waals surface area contributed by atoms with Gasteiger partial charge in [-0.15, -0.1) is 0 Å². The first-order valence-electron chi connectivity index (χ1n) is 12.7. The summed E-state index contributed by atoms with van der Waals surface area (Å²) in [6, 6.07) is 7.38. The van der Waals surface area contributed by atoms with Gasteiger partial charge in [-0.2, -0.15) is 0 Å². The van der Waals surface area contributed by atoms with Crippen LogP contribution in [0.5, 0.6) is 0 Å². The standard InChI is InChI=1S/C29H42O/c1-3-5-7-8-22-9-10-24-19-25(12-11-23(24)18-22)26-13-14-28-21-29(30-17-6-4-2)16-15-27(28)20-26/h3-6,9-10,18,25-29H,7-8,11-17,19-21H2,1-2H3/b5-3+,6-4+. The van der Waals surface area contributed by atoms with E-state index in [2.05, 4.69) is 56.4 Å². The molecule has 1 aromatic rings. The molecule has 0 radical (unpaired) electrons. The van der Waals surface area contributed by atoms with Gasteiger partial charge in [0.15, 0.2) is 0 Å². The minimum Gasteiger partial charge on any atom is -0.374 e. The van der Waals surface area contributed by atoms with E-state index in [1.165, 1.54) is 76.2 Å². The fourth-order valence-corrected chi connectivity index (χ4v) is 6.56. The molecular weight excluding hydrogens is 364 g/mol. The molecule has 3 aliphatic rings. The number of hydrogen-bond donors (Lipinski definition) is 0. The van der Waals surface area contributed by atoms with Crippen LogP contribution in [0.4, 0.5) is 0 Å². The maximum Gasteiger partial charge on any atom is 0.0651 e. The van der Waals surface area contributed by atoms with Crippen LogP contribution in [0.3, 0.4) is 0 Å². The van der Waals surface area contributed by atoms with Crippen LogP contribution < -0.4 is 0 Å². The summed E-state index contributed by atoms with van der Waals surface area (Å²) in [7, 11) is 0. The molecule has 2 saturated carbocycles. The van der Waals surface area contributed by atoms with Crippen molar-refractivity contribution >= 4 is 0 Å². The highest BCUT2D eigenvalue weighted by Gasteiger charge is 2.38. The Labute approximate surface area is 185 Å². The molecule has 2 fully saturated rings. The van der Waals surface area contributed by atoms with Crippen molar-refractivity contribution in [3.8, 4) is 0 Å². The van der Waals surface area contributed by atoms with Gasteiger partial charge in [0.25, 0.3) is 0 Å². The highest BCUT2D eigenvalue weighted by atomic mass is 16.5. The predicted molar refractivity (Wildman–Crippen MR) is 128 cm³/mol.